The van der Waals surface area contributed by atoms with Crippen LogP contribution < -0.4 is 0 Å². The maximum absolute atomic E-state index is 14.3. The van der Waals surface area contributed by atoms with E-state index < -0.39 is 29.7 Å². The molecule has 1 saturated heterocycles. The van der Waals surface area contributed by atoms with E-state index in [4.69, 9.17) is 9.47 Å². The highest BCUT2D eigenvalue weighted by molar-refractivity contribution is 5.66. The fourth-order valence-electron chi connectivity index (χ4n) is 5.54. The quantitative estimate of drug-likeness (QED) is 0.204. The largest absolute Gasteiger partial charge is 0.527 e. The van der Waals surface area contributed by atoms with Gasteiger partial charge in [-0.1, -0.05) is 62.6 Å². The van der Waals surface area contributed by atoms with Gasteiger partial charge in [0.15, 0.2) is 6.29 Å². The van der Waals surface area contributed by atoms with Gasteiger partial charge >= 0.3 is 12.5 Å². The minimum absolute atomic E-state index is 0.0974. The topological polar surface area (TPSA) is 27.7 Å². The summed E-state index contributed by atoms with van der Waals surface area (Å²) in [6.07, 6.45) is 1.84. The van der Waals surface area contributed by atoms with E-state index in [9.17, 15) is 30.7 Å². The summed E-state index contributed by atoms with van der Waals surface area (Å²) in [6.45, 7) is 3.74. The lowest BCUT2D eigenvalue weighted by atomic mass is 9.81. The van der Waals surface area contributed by atoms with E-state index in [1.807, 2.05) is 6.08 Å². The Morgan fingerprint density at radius 2 is 1.46 bits per heavy atom. The number of ether oxygens (including phenoxy) is 3. The number of halogens is 7. The Morgan fingerprint density at radius 1 is 0.854 bits per heavy atom. The zero-order valence-corrected chi connectivity index (χ0v) is 22.9. The summed E-state index contributed by atoms with van der Waals surface area (Å²) in [4.78, 5) is 0. The van der Waals surface area contributed by atoms with Gasteiger partial charge in [-0.2, -0.15) is 8.78 Å². The Bertz CT molecular complexity index is 1120. The van der Waals surface area contributed by atoms with Gasteiger partial charge in [0.2, 0.25) is 0 Å². The van der Waals surface area contributed by atoms with Crippen molar-refractivity contribution in [3.63, 3.8) is 0 Å². The normalized spacial score (nSPS) is 24.2. The van der Waals surface area contributed by atoms with E-state index in [-0.39, 0.29) is 11.9 Å². The van der Waals surface area contributed by atoms with Crippen LogP contribution in [-0.4, -0.2) is 25.9 Å². The zero-order valence-electron chi connectivity index (χ0n) is 22.9. The third kappa shape index (κ3) is 8.78. The molecule has 41 heavy (non-hydrogen) atoms. The third-order valence-corrected chi connectivity index (χ3v) is 7.79. The molecule has 0 amide bonds. The summed E-state index contributed by atoms with van der Waals surface area (Å²) >= 11 is 0. The maximum Gasteiger partial charge on any atom is 0.527 e. The number of hydrogen-bond donors (Lipinski definition) is 0. The summed E-state index contributed by atoms with van der Waals surface area (Å²) < 4.78 is 108. The lowest BCUT2D eigenvalue weighted by Crippen LogP contribution is -2.38. The summed E-state index contributed by atoms with van der Waals surface area (Å²) in [5, 5.41) is 0. The summed E-state index contributed by atoms with van der Waals surface area (Å²) in [7, 11) is 0. The molecular formula is C31H35F7O3. The number of allylic oxidation sites excluding steroid dienone is 1. The first-order valence-electron chi connectivity index (χ1n) is 14.1. The van der Waals surface area contributed by atoms with Crippen molar-refractivity contribution >= 4 is 6.08 Å². The van der Waals surface area contributed by atoms with Crippen LogP contribution in [0.2, 0.25) is 0 Å². The van der Waals surface area contributed by atoms with Crippen LogP contribution in [0.1, 0.15) is 69.4 Å². The van der Waals surface area contributed by atoms with E-state index >= 15 is 0 Å². The van der Waals surface area contributed by atoms with Crippen molar-refractivity contribution in [3.05, 3.63) is 65.2 Å². The van der Waals surface area contributed by atoms with Gasteiger partial charge in [-0.15, -0.1) is 13.2 Å². The SMILES string of the molecule is CCCCCC1COC(C2CCC(/C=C/c3ccc(-c4cc(F)c(C(F)(F)OC(F)(F)F)c(F)c4)cc3)CC2)OC1. The molecule has 0 aromatic heterocycles. The number of alkyl halides is 5. The van der Waals surface area contributed by atoms with Crippen molar-refractivity contribution in [2.24, 2.45) is 17.8 Å². The minimum atomic E-state index is -5.78. The fraction of sp³-hybridized carbons (Fsp3) is 0.548. The number of rotatable bonds is 10. The molecule has 2 aromatic carbocycles. The average molecular weight is 589 g/mol. The highest BCUT2D eigenvalue weighted by Gasteiger charge is 2.49. The van der Waals surface area contributed by atoms with E-state index in [1.165, 1.54) is 19.3 Å². The van der Waals surface area contributed by atoms with Crippen molar-refractivity contribution in [3.8, 4) is 11.1 Å². The molecule has 3 nitrogen and oxygen atoms in total. The predicted octanol–water partition coefficient (Wildman–Crippen LogP) is 9.61. The minimum Gasteiger partial charge on any atom is -0.352 e. The van der Waals surface area contributed by atoms with Crippen molar-refractivity contribution < 1.29 is 44.9 Å². The molecule has 2 aromatic rings. The molecule has 2 aliphatic rings. The van der Waals surface area contributed by atoms with Crippen LogP contribution in [-0.2, 0) is 20.3 Å². The van der Waals surface area contributed by atoms with Gasteiger partial charge in [-0.3, -0.25) is 0 Å². The van der Waals surface area contributed by atoms with Gasteiger partial charge in [0.05, 0.1) is 13.2 Å². The van der Waals surface area contributed by atoms with Crippen LogP contribution in [0, 0.1) is 29.4 Å². The van der Waals surface area contributed by atoms with Crippen LogP contribution in [0.25, 0.3) is 17.2 Å². The Morgan fingerprint density at radius 3 is 2.02 bits per heavy atom. The molecule has 0 atom stereocenters. The van der Waals surface area contributed by atoms with Gasteiger partial charge in [0.1, 0.15) is 17.2 Å². The third-order valence-electron chi connectivity index (χ3n) is 7.79. The molecule has 0 unspecified atom stereocenters. The Kier molecular flexibility index (Phi) is 10.5. The van der Waals surface area contributed by atoms with Gasteiger partial charge in [-0.25, -0.2) is 13.5 Å². The van der Waals surface area contributed by atoms with E-state index in [0.29, 0.717) is 35.4 Å². The molecule has 2 fully saturated rings. The second-order valence-electron chi connectivity index (χ2n) is 10.9. The summed E-state index contributed by atoms with van der Waals surface area (Å²) in [5.74, 6) is -2.41. The van der Waals surface area contributed by atoms with Crippen LogP contribution in [0.5, 0.6) is 0 Å². The summed E-state index contributed by atoms with van der Waals surface area (Å²) in [6, 6.07) is 7.65. The summed E-state index contributed by atoms with van der Waals surface area (Å²) in [5.41, 5.74) is -1.04. The molecule has 4 rings (SSSR count). The predicted molar refractivity (Wildman–Crippen MR) is 141 cm³/mol. The first-order valence-corrected chi connectivity index (χ1v) is 14.1. The van der Waals surface area contributed by atoms with Crippen molar-refractivity contribution in [1.82, 2.24) is 0 Å². The lowest BCUT2D eigenvalue weighted by Gasteiger charge is -2.37. The number of hydrogen-bond acceptors (Lipinski definition) is 3. The molecule has 1 aliphatic heterocycles. The molecule has 0 radical (unpaired) electrons. The molecule has 1 aliphatic carbocycles. The molecule has 0 bridgehead atoms. The number of benzene rings is 2. The van der Waals surface area contributed by atoms with Gasteiger partial charge in [0.25, 0.3) is 0 Å². The first kappa shape index (κ1) is 31.5. The fourth-order valence-corrected chi connectivity index (χ4v) is 5.54. The number of unbranched alkanes of at least 4 members (excludes halogenated alkanes) is 2. The lowest BCUT2D eigenvalue weighted by molar-refractivity contribution is -0.432. The van der Waals surface area contributed by atoms with Crippen LogP contribution in [0.4, 0.5) is 30.7 Å². The monoisotopic (exact) mass is 588 g/mol. The van der Waals surface area contributed by atoms with Crippen molar-refractivity contribution in [2.75, 3.05) is 13.2 Å². The Balaban J connectivity index is 1.29. The molecule has 1 heterocycles. The zero-order chi connectivity index (χ0) is 29.6. The van der Waals surface area contributed by atoms with Gasteiger partial charge in [0, 0.05) is 11.8 Å². The Hall–Kier alpha value is -2.43. The van der Waals surface area contributed by atoms with Crippen molar-refractivity contribution in [2.45, 2.75) is 77.1 Å². The second kappa shape index (κ2) is 13.7. The van der Waals surface area contributed by atoms with Crippen LogP contribution in [0.3, 0.4) is 0 Å². The Labute approximate surface area is 235 Å². The molecule has 1 saturated carbocycles. The second-order valence-corrected chi connectivity index (χ2v) is 10.9. The van der Waals surface area contributed by atoms with Crippen molar-refractivity contribution in [1.29, 1.82) is 0 Å². The molecule has 10 heteroatoms. The van der Waals surface area contributed by atoms with Gasteiger partial charge < -0.3 is 9.47 Å². The van der Waals surface area contributed by atoms with Crippen LogP contribution in [0.15, 0.2) is 42.5 Å². The first-order chi connectivity index (χ1) is 19.4. The van der Waals surface area contributed by atoms with Gasteiger partial charge in [-0.05, 0) is 66.8 Å². The molecule has 0 spiro atoms. The van der Waals surface area contributed by atoms with Crippen LogP contribution >= 0.6 is 0 Å². The highest BCUT2D eigenvalue weighted by Crippen LogP contribution is 2.40. The van der Waals surface area contributed by atoms with E-state index in [1.54, 1.807) is 24.3 Å². The van der Waals surface area contributed by atoms with E-state index in [2.05, 4.69) is 17.7 Å². The van der Waals surface area contributed by atoms with E-state index in [0.717, 1.165) is 50.9 Å². The maximum atomic E-state index is 14.3. The standard InChI is InChI=1S/C31H35F7O3/c1-2-3-4-5-22-18-39-29(40-19-22)24-14-10-21(11-15-24)7-6-20-8-12-23(13-9-20)25-16-26(32)28(27(33)17-25)30(34,35)41-31(36,37)38/h6-9,12-13,16-17,21-22,24,29H,2-5,10-11,14-15,18-19H2,1H3/b7-6+. The molecular weight excluding hydrogens is 553 g/mol. The molecule has 226 valence electrons. The smallest absolute Gasteiger partial charge is 0.352 e. The average Bonchev–Trinajstić information content (AvgIpc) is 2.91. The molecule has 0 N–H and O–H groups in total. The highest BCUT2D eigenvalue weighted by atomic mass is 19.4.